The molecule has 0 aliphatic heterocycles. The minimum Gasteiger partial charge on any atom is -0.481 e. The first kappa shape index (κ1) is 30.1. The van der Waals surface area contributed by atoms with Crippen LogP contribution in [0, 0.1) is 6.92 Å². The molecule has 0 radical (unpaired) electrons. The van der Waals surface area contributed by atoms with Gasteiger partial charge in [0.1, 0.15) is 5.69 Å². The number of aryl methyl sites for hydroxylation is 1. The summed E-state index contributed by atoms with van der Waals surface area (Å²) >= 11 is 12.3. The van der Waals surface area contributed by atoms with E-state index in [2.05, 4.69) is 10.3 Å². The highest BCUT2D eigenvalue weighted by Crippen LogP contribution is 2.36. The van der Waals surface area contributed by atoms with Crippen molar-refractivity contribution in [1.29, 1.82) is 0 Å². The van der Waals surface area contributed by atoms with Gasteiger partial charge in [0, 0.05) is 52.4 Å². The molecule has 0 aliphatic carbocycles. The van der Waals surface area contributed by atoms with E-state index in [1.165, 1.54) is 12.3 Å². The average Bonchev–Trinajstić information content (AvgIpc) is 2.92. The fourth-order valence-electron chi connectivity index (χ4n) is 4.40. The maximum absolute atomic E-state index is 13.7. The Labute approximate surface area is 245 Å². The first-order valence-electron chi connectivity index (χ1n) is 12.6. The molecular formula is C31H25Cl2F3N2O3. The van der Waals surface area contributed by atoms with Crippen LogP contribution in [-0.4, -0.2) is 21.8 Å². The lowest BCUT2D eigenvalue weighted by Crippen LogP contribution is -2.10. The molecule has 3 aromatic carbocycles. The molecule has 0 bridgehead atoms. The molecule has 212 valence electrons. The monoisotopic (exact) mass is 600 g/mol. The highest BCUT2D eigenvalue weighted by atomic mass is 35.5. The third-order valence-electron chi connectivity index (χ3n) is 6.55. The van der Waals surface area contributed by atoms with Crippen LogP contribution in [-0.2, 0) is 17.5 Å². The fourth-order valence-corrected chi connectivity index (χ4v) is 4.92. The first-order valence-corrected chi connectivity index (χ1v) is 13.4. The van der Waals surface area contributed by atoms with Crippen LogP contribution in [0.2, 0.25) is 10.0 Å². The molecule has 0 aliphatic rings. The lowest BCUT2D eigenvalue weighted by atomic mass is 9.93. The highest BCUT2D eigenvalue weighted by Gasteiger charge is 2.32. The number of hydrogen-bond acceptors (Lipinski definition) is 4. The number of benzene rings is 3. The second-order valence-corrected chi connectivity index (χ2v) is 10.3. The van der Waals surface area contributed by atoms with Crippen LogP contribution in [0.25, 0.3) is 22.3 Å². The number of carbonyl (C=O) groups excluding carboxylic acids is 1. The van der Waals surface area contributed by atoms with E-state index in [0.717, 1.165) is 28.9 Å². The number of ketones is 1. The molecule has 1 aromatic heterocycles. The third-order valence-corrected chi connectivity index (χ3v) is 7.10. The SMILES string of the molecule is Cc1cc(C(F)(F)F)cc(-c2ccc(C(=O)CCCC(=O)O)nc2)c1CNc1ccc(-c2ccc(Cl)cc2Cl)cc1. The molecule has 2 N–H and O–H groups in total. The second-order valence-electron chi connectivity index (χ2n) is 9.47. The summed E-state index contributed by atoms with van der Waals surface area (Å²) in [4.78, 5) is 27.2. The van der Waals surface area contributed by atoms with Gasteiger partial charge in [-0.25, -0.2) is 0 Å². The zero-order valence-corrected chi connectivity index (χ0v) is 23.4. The van der Waals surface area contributed by atoms with Crippen molar-refractivity contribution in [3.63, 3.8) is 0 Å². The van der Waals surface area contributed by atoms with Gasteiger partial charge in [-0.1, -0.05) is 47.5 Å². The maximum atomic E-state index is 13.7. The van der Waals surface area contributed by atoms with E-state index in [1.54, 1.807) is 25.1 Å². The molecule has 5 nitrogen and oxygen atoms in total. The molecule has 0 fully saturated rings. The van der Waals surface area contributed by atoms with E-state index in [9.17, 15) is 22.8 Å². The predicted octanol–water partition coefficient (Wildman–Crippen LogP) is 9.10. The van der Waals surface area contributed by atoms with Crippen LogP contribution < -0.4 is 5.32 Å². The number of aromatic nitrogens is 1. The molecule has 4 rings (SSSR count). The number of nitrogens with zero attached hydrogens (tertiary/aromatic N) is 1. The van der Waals surface area contributed by atoms with Crippen molar-refractivity contribution in [2.24, 2.45) is 0 Å². The number of halogens is 5. The quantitative estimate of drug-likeness (QED) is 0.177. The number of nitrogens with one attached hydrogen (secondary N) is 1. The molecule has 0 spiro atoms. The van der Waals surface area contributed by atoms with Gasteiger partial charge in [-0.2, -0.15) is 13.2 Å². The number of alkyl halides is 3. The van der Waals surface area contributed by atoms with Crippen molar-refractivity contribution in [2.75, 3.05) is 5.32 Å². The zero-order valence-electron chi connectivity index (χ0n) is 21.9. The topological polar surface area (TPSA) is 79.3 Å². The number of carbonyl (C=O) groups is 2. The van der Waals surface area contributed by atoms with Gasteiger partial charge in [-0.05, 0) is 78.1 Å². The van der Waals surface area contributed by atoms with Crippen molar-refractivity contribution in [2.45, 2.75) is 38.9 Å². The predicted molar refractivity (Wildman–Crippen MR) is 154 cm³/mol. The molecular weight excluding hydrogens is 576 g/mol. The molecule has 41 heavy (non-hydrogen) atoms. The van der Waals surface area contributed by atoms with Crippen LogP contribution in [0.4, 0.5) is 18.9 Å². The number of Topliss-reactive ketones (excluding diaryl/α,β-unsaturated/α-hetero) is 1. The van der Waals surface area contributed by atoms with Crippen molar-refractivity contribution >= 4 is 40.6 Å². The van der Waals surface area contributed by atoms with Crippen molar-refractivity contribution in [1.82, 2.24) is 4.98 Å². The number of pyridine rings is 1. The molecule has 0 atom stereocenters. The van der Waals surface area contributed by atoms with Crippen LogP contribution >= 0.6 is 23.2 Å². The number of rotatable bonds is 10. The smallest absolute Gasteiger partial charge is 0.416 e. The number of carboxylic acids is 1. The van der Waals surface area contributed by atoms with E-state index in [0.29, 0.717) is 32.3 Å². The Morgan fingerprint density at radius 2 is 1.61 bits per heavy atom. The van der Waals surface area contributed by atoms with Crippen LogP contribution in [0.15, 0.2) is 72.9 Å². The summed E-state index contributed by atoms with van der Waals surface area (Å²) < 4.78 is 41.1. The molecule has 0 unspecified atom stereocenters. The molecule has 1 heterocycles. The van der Waals surface area contributed by atoms with E-state index in [4.69, 9.17) is 28.3 Å². The zero-order chi connectivity index (χ0) is 29.7. The Morgan fingerprint density at radius 1 is 0.902 bits per heavy atom. The van der Waals surface area contributed by atoms with Crippen molar-refractivity contribution in [3.8, 4) is 22.3 Å². The summed E-state index contributed by atoms with van der Waals surface area (Å²) in [5, 5.41) is 13.1. The average molecular weight is 601 g/mol. The third kappa shape index (κ3) is 7.65. The van der Waals surface area contributed by atoms with Crippen LogP contribution in [0.1, 0.15) is 46.4 Å². The van der Waals surface area contributed by atoms with Crippen molar-refractivity contribution < 1.29 is 27.9 Å². The number of anilines is 1. The van der Waals surface area contributed by atoms with E-state index in [1.807, 2.05) is 30.3 Å². The molecule has 0 amide bonds. The summed E-state index contributed by atoms with van der Waals surface area (Å²) in [6, 6.07) is 17.9. The minimum atomic E-state index is -4.54. The minimum absolute atomic E-state index is 0.0134. The van der Waals surface area contributed by atoms with Crippen LogP contribution in [0.3, 0.4) is 0 Å². The number of aliphatic carboxylic acids is 1. The highest BCUT2D eigenvalue weighted by molar-refractivity contribution is 6.36. The normalized spacial score (nSPS) is 11.4. The van der Waals surface area contributed by atoms with Gasteiger partial charge in [0.15, 0.2) is 5.78 Å². The Kier molecular flexibility index (Phi) is 9.35. The van der Waals surface area contributed by atoms with Gasteiger partial charge in [0.25, 0.3) is 0 Å². The van der Waals surface area contributed by atoms with Gasteiger partial charge in [0.05, 0.1) is 5.56 Å². The van der Waals surface area contributed by atoms with Crippen molar-refractivity contribution in [3.05, 3.63) is 105 Å². The standard InChI is InChI=1S/C31H25Cl2F3N2O3/c1-18-13-21(31(34,35)36)14-25(20-7-12-28(38-16-20)29(39)3-2-4-30(40)41)26(18)17-37-23-9-5-19(6-10-23)24-11-8-22(32)15-27(24)33/h5-16,37H,2-4,17H2,1H3,(H,40,41). The molecule has 4 aromatic rings. The molecule has 10 heteroatoms. The van der Waals surface area contributed by atoms with E-state index in [-0.39, 0.29) is 37.3 Å². The lowest BCUT2D eigenvalue weighted by Gasteiger charge is -2.18. The Hall–Kier alpha value is -3.88. The molecule has 0 saturated heterocycles. The van der Waals surface area contributed by atoms with Crippen LogP contribution in [0.5, 0.6) is 0 Å². The molecule has 0 saturated carbocycles. The Balaban J connectivity index is 1.58. The largest absolute Gasteiger partial charge is 0.481 e. The maximum Gasteiger partial charge on any atom is 0.416 e. The van der Waals surface area contributed by atoms with E-state index < -0.39 is 17.7 Å². The van der Waals surface area contributed by atoms with E-state index >= 15 is 0 Å². The summed E-state index contributed by atoms with van der Waals surface area (Å²) in [6.45, 7) is 1.85. The number of hydrogen-bond donors (Lipinski definition) is 2. The summed E-state index contributed by atoms with van der Waals surface area (Å²) in [5.74, 6) is -1.33. The Morgan fingerprint density at radius 3 is 2.22 bits per heavy atom. The van der Waals surface area contributed by atoms with Gasteiger partial charge >= 0.3 is 12.1 Å². The Bertz CT molecular complexity index is 1570. The lowest BCUT2D eigenvalue weighted by molar-refractivity contribution is -0.138. The summed E-state index contributed by atoms with van der Waals surface area (Å²) in [6.07, 6.45) is -3.13. The van der Waals surface area contributed by atoms with Gasteiger partial charge < -0.3 is 10.4 Å². The van der Waals surface area contributed by atoms with Gasteiger partial charge in [-0.3, -0.25) is 14.6 Å². The fraction of sp³-hybridized carbons (Fsp3) is 0.194. The van der Waals surface area contributed by atoms with Gasteiger partial charge in [-0.15, -0.1) is 0 Å². The first-order chi connectivity index (χ1) is 19.4. The summed E-state index contributed by atoms with van der Waals surface area (Å²) in [7, 11) is 0. The van der Waals surface area contributed by atoms with Gasteiger partial charge in [0.2, 0.25) is 0 Å². The summed E-state index contributed by atoms with van der Waals surface area (Å²) in [5.41, 5.74) is 3.65. The number of carboxylic acid groups (broad SMARTS) is 1. The second kappa shape index (κ2) is 12.7.